The second kappa shape index (κ2) is 4.36. The molecule has 0 aliphatic heterocycles. The molecule has 0 saturated carbocycles. The third kappa shape index (κ3) is 1.70. The summed E-state index contributed by atoms with van der Waals surface area (Å²) in [7, 11) is 0. The highest BCUT2D eigenvalue weighted by molar-refractivity contribution is 7.22. The molecule has 0 aliphatic carbocycles. The molecule has 18 heavy (non-hydrogen) atoms. The van der Waals surface area contributed by atoms with Gasteiger partial charge in [-0.3, -0.25) is 0 Å². The molecule has 0 radical (unpaired) electrons. The molecule has 1 aromatic carbocycles. The highest BCUT2D eigenvalue weighted by atomic mass is 32.1. The highest BCUT2D eigenvalue weighted by Crippen LogP contribution is 2.43. The van der Waals surface area contributed by atoms with Gasteiger partial charge in [0.1, 0.15) is 0 Å². The van der Waals surface area contributed by atoms with E-state index in [-0.39, 0.29) is 0 Å². The van der Waals surface area contributed by atoms with Gasteiger partial charge in [0.05, 0.1) is 0 Å². The highest BCUT2D eigenvalue weighted by Gasteiger charge is 2.18. The fraction of sp³-hybridized carbons (Fsp3) is 0.375. The molecule has 3 rings (SSSR count). The van der Waals surface area contributed by atoms with Crippen molar-refractivity contribution in [2.24, 2.45) is 0 Å². The monoisotopic (exact) mass is 274 g/mol. The maximum atomic E-state index is 2.33. The second-order valence-electron chi connectivity index (χ2n) is 5.46. The first kappa shape index (κ1) is 12.2. The van der Waals surface area contributed by atoms with E-state index < -0.39 is 0 Å². The third-order valence-electron chi connectivity index (χ3n) is 3.46. The Bertz CT molecular complexity index is 698. The zero-order valence-corrected chi connectivity index (χ0v) is 12.9. The van der Waals surface area contributed by atoms with E-state index in [2.05, 4.69) is 51.3 Å². The smallest absolute Gasteiger partial charge is 0.0435 e. The molecule has 0 N–H and O–H groups in total. The van der Waals surface area contributed by atoms with Crippen molar-refractivity contribution in [1.29, 1.82) is 0 Å². The average Bonchev–Trinajstić information content (AvgIpc) is 2.91. The largest absolute Gasteiger partial charge is 0.144 e. The van der Waals surface area contributed by atoms with Gasteiger partial charge in [0, 0.05) is 19.7 Å². The zero-order chi connectivity index (χ0) is 12.9. The van der Waals surface area contributed by atoms with E-state index in [1.807, 2.05) is 22.7 Å². The molecule has 2 heterocycles. The van der Waals surface area contributed by atoms with Gasteiger partial charge in [-0.2, -0.15) is 0 Å². The van der Waals surface area contributed by atoms with Gasteiger partial charge in [0.25, 0.3) is 0 Å². The van der Waals surface area contributed by atoms with Crippen molar-refractivity contribution < 1.29 is 0 Å². The van der Waals surface area contributed by atoms with E-state index in [4.69, 9.17) is 0 Å². The van der Waals surface area contributed by atoms with Crippen LogP contribution in [0.25, 0.3) is 20.2 Å². The van der Waals surface area contributed by atoms with Gasteiger partial charge in [0.15, 0.2) is 0 Å². The van der Waals surface area contributed by atoms with Crippen LogP contribution in [0.15, 0.2) is 23.6 Å². The molecular weight excluding hydrogens is 256 g/mol. The van der Waals surface area contributed by atoms with E-state index in [9.17, 15) is 0 Å². The molecule has 0 amide bonds. The van der Waals surface area contributed by atoms with Crippen molar-refractivity contribution in [3.05, 3.63) is 34.0 Å². The molecule has 0 bridgehead atoms. The van der Waals surface area contributed by atoms with Crippen LogP contribution in [0.5, 0.6) is 0 Å². The van der Waals surface area contributed by atoms with Crippen LogP contribution in [0.2, 0.25) is 0 Å². The van der Waals surface area contributed by atoms with Crippen molar-refractivity contribution >= 4 is 42.8 Å². The Balaban J connectivity index is 2.45. The minimum absolute atomic E-state index is 0.604. The summed E-state index contributed by atoms with van der Waals surface area (Å²) in [4.78, 5) is 1.57. The minimum Gasteiger partial charge on any atom is -0.144 e. The van der Waals surface area contributed by atoms with Crippen LogP contribution in [-0.2, 0) is 0 Å². The van der Waals surface area contributed by atoms with E-state index >= 15 is 0 Å². The van der Waals surface area contributed by atoms with Crippen molar-refractivity contribution in [3.8, 4) is 0 Å². The number of benzene rings is 1. The number of fused-ring (bicyclic) bond motifs is 3. The molecule has 2 aromatic heterocycles. The molecular formula is C16H18S2. The predicted octanol–water partition coefficient (Wildman–Crippen LogP) is 6.36. The Morgan fingerprint density at radius 2 is 1.67 bits per heavy atom. The first-order valence-electron chi connectivity index (χ1n) is 6.52. The Morgan fingerprint density at radius 1 is 0.889 bits per heavy atom. The lowest BCUT2D eigenvalue weighted by molar-refractivity contribution is 0.815. The summed E-state index contributed by atoms with van der Waals surface area (Å²) in [6.07, 6.45) is 0. The van der Waals surface area contributed by atoms with Crippen LogP contribution in [0, 0.1) is 0 Å². The van der Waals surface area contributed by atoms with Crippen LogP contribution < -0.4 is 0 Å². The summed E-state index contributed by atoms with van der Waals surface area (Å²) in [6.45, 7) is 9.24. The lowest BCUT2D eigenvalue weighted by Gasteiger charge is -2.10. The summed E-state index contributed by atoms with van der Waals surface area (Å²) >= 11 is 3.84. The molecule has 2 heteroatoms. The predicted molar refractivity (Wildman–Crippen MR) is 85.4 cm³/mol. The van der Waals surface area contributed by atoms with Crippen molar-refractivity contribution in [2.75, 3.05) is 0 Å². The molecule has 0 nitrogen and oxygen atoms in total. The van der Waals surface area contributed by atoms with E-state index in [0.717, 1.165) is 0 Å². The Hall–Kier alpha value is -0.860. The Kier molecular flexibility index (Phi) is 2.95. The maximum Gasteiger partial charge on any atom is 0.0435 e. The molecule has 0 saturated heterocycles. The summed E-state index contributed by atoms with van der Waals surface area (Å²) in [5.74, 6) is 1.22. The molecule has 0 spiro atoms. The van der Waals surface area contributed by atoms with E-state index in [1.165, 1.54) is 20.2 Å². The van der Waals surface area contributed by atoms with Crippen LogP contribution in [0.4, 0.5) is 0 Å². The standard InChI is InChI=1S/C16H18S2/c1-9(2)14-12-5-6-13-11(7-8-17-13)16(12)18-15(14)10(3)4/h5-10H,1-4H3. The van der Waals surface area contributed by atoms with E-state index in [0.29, 0.717) is 11.8 Å². The second-order valence-corrected chi connectivity index (χ2v) is 7.46. The van der Waals surface area contributed by atoms with Crippen LogP contribution >= 0.6 is 22.7 Å². The van der Waals surface area contributed by atoms with Gasteiger partial charge in [-0.15, -0.1) is 22.7 Å². The lowest BCUT2D eigenvalue weighted by Crippen LogP contribution is -1.93. The van der Waals surface area contributed by atoms with Gasteiger partial charge >= 0.3 is 0 Å². The quantitative estimate of drug-likeness (QED) is 0.510. The van der Waals surface area contributed by atoms with Crippen molar-refractivity contribution in [1.82, 2.24) is 0 Å². The minimum atomic E-state index is 0.604. The lowest BCUT2D eigenvalue weighted by atomic mass is 9.95. The number of rotatable bonds is 2. The Labute approximate surface area is 116 Å². The maximum absolute atomic E-state index is 2.33. The van der Waals surface area contributed by atoms with Gasteiger partial charge in [0.2, 0.25) is 0 Å². The van der Waals surface area contributed by atoms with Crippen LogP contribution in [0.3, 0.4) is 0 Å². The van der Waals surface area contributed by atoms with Crippen molar-refractivity contribution in [3.63, 3.8) is 0 Å². The fourth-order valence-electron chi connectivity index (χ4n) is 2.66. The number of thiophene rings is 2. The zero-order valence-electron chi connectivity index (χ0n) is 11.3. The molecule has 0 unspecified atom stereocenters. The normalized spacial score (nSPS) is 12.3. The fourth-order valence-corrected chi connectivity index (χ4v) is 5.01. The third-order valence-corrected chi connectivity index (χ3v) is 5.89. The average molecular weight is 274 g/mol. The Morgan fingerprint density at radius 3 is 2.33 bits per heavy atom. The summed E-state index contributed by atoms with van der Waals surface area (Å²) in [5.41, 5.74) is 1.57. The van der Waals surface area contributed by atoms with Gasteiger partial charge in [-0.25, -0.2) is 0 Å². The summed E-state index contributed by atoms with van der Waals surface area (Å²) in [5, 5.41) is 5.12. The molecule has 3 aromatic rings. The van der Waals surface area contributed by atoms with Crippen LogP contribution in [0.1, 0.15) is 50.0 Å². The van der Waals surface area contributed by atoms with Gasteiger partial charge in [-0.1, -0.05) is 33.8 Å². The van der Waals surface area contributed by atoms with Crippen LogP contribution in [-0.4, -0.2) is 0 Å². The summed E-state index contributed by atoms with van der Waals surface area (Å²) in [6, 6.07) is 6.88. The van der Waals surface area contributed by atoms with Gasteiger partial charge < -0.3 is 0 Å². The SMILES string of the molecule is CC(C)c1sc2c(ccc3sccc32)c1C(C)C. The molecule has 0 atom stereocenters. The number of hydrogen-bond acceptors (Lipinski definition) is 2. The first-order chi connectivity index (χ1) is 8.59. The summed E-state index contributed by atoms with van der Waals surface area (Å²) < 4.78 is 2.90. The molecule has 0 aliphatic rings. The van der Waals surface area contributed by atoms with Crippen molar-refractivity contribution in [2.45, 2.75) is 39.5 Å². The topological polar surface area (TPSA) is 0 Å². The van der Waals surface area contributed by atoms with E-state index in [1.54, 1.807) is 10.4 Å². The number of hydrogen-bond donors (Lipinski definition) is 0. The molecule has 94 valence electrons. The van der Waals surface area contributed by atoms with Gasteiger partial charge in [-0.05, 0) is 40.3 Å². The first-order valence-corrected chi connectivity index (χ1v) is 8.21. The molecule has 0 fully saturated rings.